The number of hydrogen-bond acceptors (Lipinski definition) is 3. The summed E-state index contributed by atoms with van der Waals surface area (Å²) in [6, 6.07) is 10.4. The number of piperidine rings is 1. The average Bonchev–Trinajstić information content (AvgIpc) is 2.30. The quantitative estimate of drug-likeness (QED) is 0.747. The molecule has 90 valence electrons. The molecule has 0 bridgehead atoms. The molecule has 2 nitrogen and oxygen atoms in total. The minimum atomic E-state index is 0.172. The zero-order chi connectivity index (χ0) is 12.1. The Morgan fingerprint density at radius 3 is 2.82 bits per heavy atom. The van der Waals surface area contributed by atoms with Gasteiger partial charge in [0.05, 0.1) is 0 Å². The van der Waals surface area contributed by atoms with Gasteiger partial charge in [-0.1, -0.05) is 42.0 Å². The Morgan fingerprint density at radius 2 is 2.12 bits per heavy atom. The summed E-state index contributed by atoms with van der Waals surface area (Å²) in [6.07, 6.45) is 4.52. The molecule has 1 aromatic carbocycles. The summed E-state index contributed by atoms with van der Waals surface area (Å²) in [7, 11) is 0. The molecule has 1 aliphatic rings. The van der Waals surface area contributed by atoms with Crippen LogP contribution in [0.3, 0.4) is 0 Å². The molecule has 0 aromatic heterocycles. The first-order valence-electron chi connectivity index (χ1n) is 5.92. The van der Waals surface area contributed by atoms with Crippen LogP contribution in [0.1, 0.15) is 25.3 Å². The maximum Gasteiger partial charge on any atom is 0.200 e. The number of rotatable bonds is 2. The lowest BCUT2D eigenvalue weighted by Crippen LogP contribution is -2.26. The lowest BCUT2D eigenvalue weighted by atomic mass is 10.0. The Kier molecular flexibility index (Phi) is 4.40. The maximum atomic E-state index is 11.1. The summed E-state index contributed by atoms with van der Waals surface area (Å²) >= 11 is 1.34. The highest BCUT2D eigenvalue weighted by Crippen LogP contribution is 2.23. The Hall–Kier alpha value is -1.06. The molecule has 0 radical (unpaired) electrons. The van der Waals surface area contributed by atoms with E-state index in [9.17, 15) is 4.79 Å². The lowest BCUT2D eigenvalue weighted by molar-refractivity contribution is -0.109. The van der Waals surface area contributed by atoms with Gasteiger partial charge in [0.1, 0.15) is 0 Å². The molecule has 17 heavy (non-hydrogen) atoms. The van der Waals surface area contributed by atoms with Gasteiger partial charge in [-0.25, -0.2) is 4.31 Å². The molecule has 3 heteroatoms. The van der Waals surface area contributed by atoms with Crippen molar-refractivity contribution in [3.05, 3.63) is 41.5 Å². The van der Waals surface area contributed by atoms with Crippen molar-refractivity contribution >= 4 is 23.1 Å². The molecule has 0 N–H and O–H groups in total. The Labute approximate surface area is 107 Å². The van der Waals surface area contributed by atoms with Crippen LogP contribution in [0.15, 0.2) is 35.9 Å². The molecule has 1 aromatic rings. The van der Waals surface area contributed by atoms with Crippen molar-refractivity contribution in [3.63, 3.8) is 0 Å². The third kappa shape index (κ3) is 4.02. The highest BCUT2D eigenvalue weighted by atomic mass is 32.2. The van der Waals surface area contributed by atoms with E-state index in [2.05, 4.69) is 34.6 Å². The third-order valence-corrected chi connectivity index (χ3v) is 3.54. The fourth-order valence-electron chi connectivity index (χ4n) is 2.03. The second-order valence-electron chi connectivity index (χ2n) is 4.26. The normalized spacial score (nSPS) is 19.5. The fourth-order valence-corrected chi connectivity index (χ4v) is 2.84. The molecule has 0 atom stereocenters. The van der Waals surface area contributed by atoms with Crippen molar-refractivity contribution in [1.29, 1.82) is 0 Å². The number of hydrogen-bond donors (Lipinski definition) is 0. The van der Waals surface area contributed by atoms with Crippen LogP contribution in [0.5, 0.6) is 0 Å². The van der Waals surface area contributed by atoms with Gasteiger partial charge in [-0.3, -0.25) is 4.79 Å². The van der Waals surface area contributed by atoms with Gasteiger partial charge >= 0.3 is 0 Å². The Balaban J connectivity index is 2.02. The third-order valence-electron chi connectivity index (χ3n) is 2.71. The zero-order valence-electron chi connectivity index (χ0n) is 10.1. The zero-order valence-corrected chi connectivity index (χ0v) is 10.9. The minimum absolute atomic E-state index is 0.172. The topological polar surface area (TPSA) is 20.3 Å². The second kappa shape index (κ2) is 6.03. The van der Waals surface area contributed by atoms with E-state index < -0.39 is 0 Å². The van der Waals surface area contributed by atoms with Gasteiger partial charge in [-0.15, -0.1) is 0 Å². The number of nitrogens with zero attached hydrogens (tertiary/aromatic N) is 1. The average molecular weight is 247 g/mol. The molecule has 0 spiro atoms. The molecule has 0 aliphatic carbocycles. The van der Waals surface area contributed by atoms with Crippen molar-refractivity contribution in [2.24, 2.45) is 0 Å². The number of carbonyl (C=O) groups excluding carboxylic acids is 1. The van der Waals surface area contributed by atoms with E-state index in [1.807, 2.05) is 6.07 Å². The van der Waals surface area contributed by atoms with Gasteiger partial charge in [-0.2, -0.15) is 0 Å². The van der Waals surface area contributed by atoms with E-state index in [0.717, 1.165) is 25.9 Å². The monoisotopic (exact) mass is 247 g/mol. The van der Waals surface area contributed by atoms with E-state index in [0.29, 0.717) is 0 Å². The summed E-state index contributed by atoms with van der Waals surface area (Å²) in [6.45, 7) is 3.54. The van der Waals surface area contributed by atoms with Crippen molar-refractivity contribution in [2.75, 3.05) is 13.1 Å². The summed E-state index contributed by atoms with van der Waals surface area (Å²) in [5, 5.41) is 0.172. The number of carbonyl (C=O) groups is 1. The molecular weight excluding hydrogens is 230 g/mol. The van der Waals surface area contributed by atoms with Crippen LogP contribution in [0.4, 0.5) is 0 Å². The molecule has 1 heterocycles. The van der Waals surface area contributed by atoms with Gasteiger partial charge < -0.3 is 0 Å². The largest absolute Gasteiger partial charge is 0.286 e. The van der Waals surface area contributed by atoms with Gasteiger partial charge in [0.2, 0.25) is 5.12 Å². The van der Waals surface area contributed by atoms with E-state index in [-0.39, 0.29) is 5.12 Å². The van der Waals surface area contributed by atoms with Crippen LogP contribution in [0, 0.1) is 0 Å². The SMILES string of the molecule is CC(=O)SN1CCCC(=Cc2ccccc2)C1. The van der Waals surface area contributed by atoms with Crippen LogP contribution < -0.4 is 0 Å². The van der Waals surface area contributed by atoms with E-state index in [4.69, 9.17) is 0 Å². The highest BCUT2D eigenvalue weighted by molar-refractivity contribution is 8.11. The fraction of sp³-hybridized carbons (Fsp3) is 0.357. The molecule has 0 amide bonds. The second-order valence-corrected chi connectivity index (χ2v) is 5.54. The first-order chi connectivity index (χ1) is 8.24. The van der Waals surface area contributed by atoms with Crippen LogP contribution in [0.25, 0.3) is 6.08 Å². The van der Waals surface area contributed by atoms with Crippen molar-refractivity contribution in [2.45, 2.75) is 19.8 Å². The predicted octanol–water partition coefficient (Wildman–Crippen LogP) is 3.36. The Bertz CT molecular complexity index is 413. The van der Waals surface area contributed by atoms with Crippen molar-refractivity contribution in [3.8, 4) is 0 Å². The van der Waals surface area contributed by atoms with Crippen molar-refractivity contribution in [1.82, 2.24) is 4.31 Å². The molecule has 1 saturated heterocycles. The molecule has 0 saturated carbocycles. The molecule has 1 fully saturated rings. The summed E-state index contributed by atoms with van der Waals surface area (Å²) in [5.74, 6) is 0. The smallest absolute Gasteiger partial charge is 0.200 e. The maximum absolute atomic E-state index is 11.1. The van der Waals surface area contributed by atoms with Gasteiger partial charge in [-0.05, 0) is 30.4 Å². The first-order valence-corrected chi connectivity index (χ1v) is 6.69. The van der Waals surface area contributed by atoms with E-state index >= 15 is 0 Å². The molecule has 0 unspecified atom stereocenters. The first kappa shape index (κ1) is 12.4. The molecule has 1 aliphatic heterocycles. The predicted molar refractivity (Wildman–Crippen MR) is 73.5 cm³/mol. The molecule has 2 rings (SSSR count). The highest BCUT2D eigenvalue weighted by Gasteiger charge is 2.16. The van der Waals surface area contributed by atoms with Crippen LogP contribution >= 0.6 is 11.9 Å². The summed E-state index contributed by atoms with van der Waals surface area (Å²) < 4.78 is 2.15. The summed E-state index contributed by atoms with van der Waals surface area (Å²) in [4.78, 5) is 11.1. The minimum Gasteiger partial charge on any atom is -0.286 e. The van der Waals surface area contributed by atoms with Gasteiger partial charge in [0.15, 0.2) is 0 Å². The van der Waals surface area contributed by atoms with Gasteiger partial charge in [0.25, 0.3) is 0 Å². The van der Waals surface area contributed by atoms with Crippen molar-refractivity contribution < 1.29 is 4.79 Å². The number of benzene rings is 1. The Morgan fingerprint density at radius 1 is 1.35 bits per heavy atom. The summed E-state index contributed by atoms with van der Waals surface area (Å²) in [5.41, 5.74) is 2.66. The lowest BCUT2D eigenvalue weighted by Gasteiger charge is -2.26. The van der Waals surface area contributed by atoms with Crippen LogP contribution in [-0.2, 0) is 4.79 Å². The standard InChI is InChI=1S/C14H17NOS/c1-12(16)17-15-9-5-8-14(11-15)10-13-6-3-2-4-7-13/h2-4,6-7,10H,5,8-9,11H2,1H3. The molecular formula is C14H17NOS. The van der Waals surface area contributed by atoms with Crippen LogP contribution in [-0.4, -0.2) is 22.5 Å². The van der Waals surface area contributed by atoms with E-state index in [1.165, 1.54) is 23.1 Å². The van der Waals surface area contributed by atoms with E-state index in [1.54, 1.807) is 6.92 Å². The van der Waals surface area contributed by atoms with Crippen LogP contribution in [0.2, 0.25) is 0 Å². The van der Waals surface area contributed by atoms with Gasteiger partial charge in [0, 0.05) is 20.0 Å².